The lowest BCUT2D eigenvalue weighted by Crippen LogP contribution is -2.48. The van der Waals surface area contributed by atoms with Gasteiger partial charge in [-0.1, -0.05) is 40.5 Å². The third-order valence-corrected chi connectivity index (χ3v) is 6.77. The molecule has 0 N–H and O–H groups in total. The summed E-state index contributed by atoms with van der Waals surface area (Å²) in [4.78, 5) is 44.9. The molecule has 1 aromatic heterocycles. The maximum absolute atomic E-state index is 13.5. The van der Waals surface area contributed by atoms with Gasteiger partial charge in [-0.25, -0.2) is 0 Å². The van der Waals surface area contributed by atoms with Crippen LogP contribution in [0, 0.1) is 10.1 Å². The Morgan fingerprint density at radius 3 is 2.70 bits per heavy atom. The van der Waals surface area contributed by atoms with Gasteiger partial charge in [-0.05, 0) is 57.4 Å². The summed E-state index contributed by atoms with van der Waals surface area (Å²) in [6.07, 6.45) is 2.32. The Kier molecular flexibility index (Phi) is 8.09. The fourth-order valence-corrected chi connectivity index (χ4v) is 4.66. The lowest BCUT2D eigenvalue weighted by atomic mass is 10.0. The number of nitrogens with zero attached hydrogens (tertiary/aromatic N) is 5. The van der Waals surface area contributed by atoms with Gasteiger partial charge < -0.3 is 14.3 Å². The minimum absolute atomic E-state index is 0.0680. The van der Waals surface area contributed by atoms with E-state index in [9.17, 15) is 19.7 Å². The van der Waals surface area contributed by atoms with Crippen LogP contribution >= 0.6 is 23.2 Å². The van der Waals surface area contributed by atoms with E-state index in [1.54, 1.807) is 36.9 Å². The molecule has 12 heteroatoms. The van der Waals surface area contributed by atoms with Crippen molar-refractivity contribution in [3.8, 4) is 11.4 Å². The molecule has 0 aliphatic carbocycles. The van der Waals surface area contributed by atoms with Crippen molar-refractivity contribution < 1.29 is 19.0 Å². The number of halogens is 2. The van der Waals surface area contributed by atoms with Gasteiger partial charge in [0.1, 0.15) is 17.6 Å². The molecule has 1 fully saturated rings. The molecular weight excluding hydrogens is 521 g/mol. The Balaban J connectivity index is 1.55. The van der Waals surface area contributed by atoms with E-state index < -0.39 is 16.9 Å². The smallest absolute Gasteiger partial charge is 0.288 e. The van der Waals surface area contributed by atoms with Crippen LogP contribution in [-0.2, 0) is 4.79 Å². The van der Waals surface area contributed by atoms with E-state index >= 15 is 0 Å². The molecule has 2 heterocycles. The zero-order valence-electron chi connectivity index (χ0n) is 20.3. The van der Waals surface area contributed by atoms with Crippen molar-refractivity contribution in [3.63, 3.8) is 0 Å². The number of piperidine rings is 1. The minimum Gasteiger partial charge on any atom is -0.337 e. The van der Waals surface area contributed by atoms with Crippen molar-refractivity contribution in [3.05, 3.63) is 74.1 Å². The summed E-state index contributed by atoms with van der Waals surface area (Å²) in [5.41, 5.74) is 0.409. The number of likely N-dealkylation sites (tertiary alicyclic amines) is 1. The van der Waals surface area contributed by atoms with Crippen molar-refractivity contribution in [2.45, 2.75) is 45.2 Å². The molecule has 2 amide bonds. The van der Waals surface area contributed by atoms with Crippen molar-refractivity contribution in [1.29, 1.82) is 0 Å². The van der Waals surface area contributed by atoms with Crippen LogP contribution in [0.15, 0.2) is 47.0 Å². The normalized spacial score (nSPS) is 15.6. The SMILES string of the molecule is CC(C)N(CC(=O)N1CCCC[C@@H]1c1nc(-c2cccc(Cl)c2)no1)C(=O)c1ccc(Cl)c([N+](=O)[O-])c1. The van der Waals surface area contributed by atoms with Gasteiger partial charge in [0.25, 0.3) is 11.6 Å². The van der Waals surface area contributed by atoms with Crippen molar-refractivity contribution in [1.82, 2.24) is 19.9 Å². The van der Waals surface area contributed by atoms with Gasteiger partial charge in [0.15, 0.2) is 0 Å². The van der Waals surface area contributed by atoms with E-state index in [0.717, 1.165) is 18.9 Å². The maximum atomic E-state index is 13.5. The summed E-state index contributed by atoms with van der Waals surface area (Å²) in [5.74, 6) is -0.0898. The molecule has 0 unspecified atom stereocenters. The number of rotatable bonds is 7. The molecule has 4 rings (SSSR count). The molecule has 0 saturated carbocycles. The molecule has 0 spiro atoms. The predicted molar refractivity (Wildman–Crippen MR) is 137 cm³/mol. The number of nitro groups is 1. The Hall–Kier alpha value is -3.50. The summed E-state index contributed by atoms with van der Waals surface area (Å²) in [6, 6.07) is 10.2. The quantitative estimate of drug-likeness (QED) is 0.281. The van der Waals surface area contributed by atoms with Gasteiger partial charge in [0.05, 0.1) is 4.92 Å². The predicted octanol–water partition coefficient (Wildman–Crippen LogP) is 5.56. The number of hydrogen-bond donors (Lipinski definition) is 0. The molecule has 1 aliphatic heterocycles. The zero-order chi connectivity index (χ0) is 26.7. The van der Waals surface area contributed by atoms with Gasteiger partial charge in [-0.2, -0.15) is 4.98 Å². The summed E-state index contributed by atoms with van der Waals surface area (Å²) in [7, 11) is 0. The molecule has 10 nitrogen and oxygen atoms in total. The summed E-state index contributed by atoms with van der Waals surface area (Å²) >= 11 is 12.0. The fraction of sp³-hybridized carbons (Fsp3) is 0.360. The lowest BCUT2D eigenvalue weighted by Gasteiger charge is -2.36. The molecule has 0 radical (unpaired) electrons. The zero-order valence-corrected chi connectivity index (χ0v) is 21.8. The first-order valence-electron chi connectivity index (χ1n) is 11.8. The van der Waals surface area contributed by atoms with Crippen molar-refractivity contribution in [2.75, 3.05) is 13.1 Å². The molecule has 1 aliphatic rings. The molecule has 37 heavy (non-hydrogen) atoms. The number of benzene rings is 2. The van der Waals surface area contributed by atoms with E-state index in [1.165, 1.54) is 17.0 Å². The topological polar surface area (TPSA) is 123 Å². The minimum atomic E-state index is -0.648. The highest BCUT2D eigenvalue weighted by Crippen LogP contribution is 2.32. The monoisotopic (exact) mass is 545 g/mol. The summed E-state index contributed by atoms with van der Waals surface area (Å²) < 4.78 is 5.54. The first kappa shape index (κ1) is 26.6. The van der Waals surface area contributed by atoms with Crippen molar-refractivity contribution in [2.24, 2.45) is 0 Å². The molecule has 0 bridgehead atoms. The average molecular weight is 546 g/mol. The van der Waals surface area contributed by atoms with Gasteiger partial charge in [-0.15, -0.1) is 0 Å². The van der Waals surface area contributed by atoms with Crippen LogP contribution in [0.5, 0.6) is 0 Å². The van der Waals surface area contributed by atoms with Crippen LogP contribution in [0.2, 0.25) is 10.0 Å². The van der Waals surface area contributed by atoms with E-state index in [2.05, 4.69) is 10.1 Å². The number of amides is 2. The summed E-state index contributed by atoms with van der Waals surface area (Å²) in [6.45, 7) is 3.82. The van der Waals surface area contributed by atoms with E-state index in [0.29, 0.717) is 35.3 Å². The van der Waals surface area contributed by atoms with Crippen LogP contribution < -0.4 is 0 Å². The van der Waals surface area contributed by atoms with Gasteiger partial charge in [0, 0.05) is 34.8 Å². The van der Waals surface area contributed by atoms with Crippen LogP contribution in [0.3, 0.4) is 0 Å². The third-order valence-electron chi connectivity index (χ3n) is 6.21. The molecular formula is C25H25Cl2N5O5. The number of carbonyl (C=O) groups is 2. The fourth-order valence-electron chi connectivity index (χ4n) is 4.28. The standard InChI is InChI=1S/C25H25Cl2N5O5/c1-15(2)31(25(34)17-9-10-19(27)21(13-17)32(35)36)14-22(33)30-11-4-3-8-20(30)24-28-23(29-37-24)16-6-5-7-18(26)12-16/h5-7,9-10,12-13,15,20H,3-4,8,11,14H2,1-2H3/t20-/m1/s1. The van der Waals surface area contributed by atoms with Crippen LogP contribution in [0.4, 0.5) is 5.69 Å². The molecule has 2 aromatic carbocycles. The van der Waals surface area contributed by atoms with Gasteiger partial charge in [-0.3, -0.25) is 19.7 Å². The highest BCUT2D eigenvalue weighted by atomic mass is 35.5. The molecule has 1 saturated heterocycles. The Labute approximate surface area is 223 Å². The van der Waals surface area contributed by atoms with Gasteiger partial charge in [0.2, 0.25) is 17.6 Å². The number of hydrogen-bond acceptors (Lipinski definition) is 7. The van der Waals surface area contributed by atoms with E-state index in [1.807, 2.05) is 6.07 Å². The van der Waals surface area contributed by atoms with E-state index in [4.69, 9.17) is 27.7 Å². The summed E-state index contributed by atoms with van der Waals surface area (Å²) in [5, 5.41) is 15.8. The number of aromatic nitrogens is 2. The average Bonchev–Trinajstić information content (AvgIpc) is 3.37. The Morgan fingerprint density at radius 2 is 2.00 bits per heavy atom. The first-order valence-corrected chi connectivity index (χ1v) is 12.5. The Morgan fingerprint density at radius 1 is 1.22 bits per heavy atom. The molecule has 194 valence electrons. The van der Waals surface area contributed by atoms with E-state index in [-0.39, 0.29) is 34.8 Å². The highest BCUT2D eigenvalue weighted by Gasteiger charge is 2.34. The molecule has 3 aromatic rings. The third kappa shape index (κ3) is 5.91. The van der Waals surface area contributed by atoms with Crippen LogP contribution in [0.1, 0.15) is 55.4 Å². The first-order chi connectivity index (χ1) is 17.7. The number of carbonyl (C=O) groups excluding carboxylic acids is 2. The second kappa shape index (κ2) is 11.3. The molecule has 1 atom stereocenters. The van der Waals surface area contributed by atoms with Gasteiger partial charge >= 0.3 is 0 Å². The highest BCUT2D eigenvalue weighted by molar-refractivity contribution is 6.32. The second-order valence-electron chi connectivity index (χ2n) is 9.02. The largest absolute Gasteiger partial charge is 0.337 e. The number of nitro benzene ring substituents is 1. The second-order valence-corrected chi connectivity index (χ2v) is 9.86. The van der Waals surface area contributed by atoms with Crippen molar-refractivity contribution >= 4 is 40.7 Å². The van der Waals surface area contributed by atoms with Crippen LogP contribution in [-0.4, -0.2) is 55.8 Å². The lowest BCUT2D eigenvalue weighted by molar-refractivity contribution is -0.384. The van der Waals surface area contributed by atoms with Crippen LogP contribution in [0.25, 0.3) is 11.4 Å². The Bertz CT molecular complexity index is 1330. The maximum Gasteiger partial charge on any atom is 0.288 e.